The van der Waals surface area contributed by atoms with Gasteiger partial charge in [0.2, 0.25) is 5.91 Å². The lowest BCUT2D eigenvalue weighted by Gasteiger charge is -2.34. The predicted octanol–water partition coefficient (Wildman–Crippen LogP) is 3.10. The van der Waals surface area contributed by atoms with E-state index in [1.807, 2.05) is 6.07 Å². The molecule has 24 heavy (non-hydrogen) atoms. The molecule has 6 nitrogen and oxygen atoms in total. The molecule has 0 saturated carbocycles. The number of anilines is 1. The molecule has 1 saturated heterocycles. The standard InChI is InChI=1S/C16H21Cl2N3O3/c1-2-24-16(23)21-10-8-20(9-11-21)14(22)6-7-19-13-5-3-4-12(17)15(13)18/h3-5,19H,2,6-11H2,1H3. The molecule has 2 rings (SSSR count). The monoisotopic (exact) mass is 373 g/mol. The fourth-order valence-corrected chi connectivity index (χ4v) is 2.82. The number of nitrogens with one attached hydrogen (secondary N) is 1. The molecule has 1 aliphatic rings. The number of hydrogen-bond acceptors (Lipinski definition) is 4. The average molecular weight is 374 g/mol. The zero-order valence-electron chi connectivity index (χ0n) is 13.6. The number of carbonyl (C=O) groups excluding carboxylic acids is 2. The minimum Gasteiger partial charge on any atom is -0.450 e. The summed E-state index contributed by atoms with van der Waals surface area (Å²) < 4.78 is 4.96. The number of rotatable bonds is 5. The molecule has 1 aliphatic heterocycles. The quantitative estimate of drug-likeness (QED) is 0.861. The first-order valence-electron chi connectivity index (χ1n) is 7.90. The van der Waals surface area contributed by atoms with Crippen molar-refractivity contribution in [3.05, 3.63) is 28.2 Å². The summed E-state index contributed by atoms with van der Waals surface area (Å²) in [5.74, 6) is 0.0455. The Kier molecular flexibility index (Phi) is 6.99. The Morgan fingerprint density at radius 3 is 2.50 bits per heavy atom. The predicted molar refractivity (Wildman–Crippen MR) is 94.7 cm³/mol. The van der Waals surface area contributed by atoms with Crippen LogP contribution in [0.1, 0.15) is 13.3 Å². The molecule has 1 fully saturated rings. The highest BCUT2D eigenvalue weighted by Gasteiger charge is 2.24. The van der Waals surface area contributed by atoms with Crippen molar-refractivity contribution in [2.45, 2.75) is 13.3 Å². The third-order valence-corrected chi connectivity index (χ3v) is 4.58. The Balaban J connectivity index is 1.74. The van der Waals surface area contributed by atoms with Crippen LogP contribution in [-0.4, -0.2) is 61.1 Å². The van der Waals surface area contributed by atoms with E-state index in [9.17, 15) is 9.59 Å². The molecule has 0 bridgehead atoms. The Hall–Kier alpha value is -1.66. The van der Waals surface area contributed by atoms with Gasteiger partial charge in [-0.15, -0.1) is 0 Å². The van der Waals surface area contributed by atoms with Gasteiger partial charge in [0.05, 0.1) is 22.3 Å². The van der Waals surface area contributed by atoms with Crippen LogP contribution < -0.4 is 5.32 Å². The first-order valence-corrected chi connectivity index (χ1v) is 8.66. The van der Waals surface area contributed by atoms with Gasteiger partial charge in [-0.3, -0.25) is 4.79 Å². The molecule has 1 heterocycles. The van der Waals surface area contributed by atoms with E-state index in [1.165, 1.54) is 0 Å². The van der Waals surface area contributed by atoms with E-state index >= 15 is 0 Å². The highest BCUT2D eigenvalue weighted by Crippen LogP contribution is 2.29. The molecule has 0 atom stereocenters. The van der Waals surface area contributed by atoms with Crippen molar-refractivity contribution in [1.82, 2.24) is 9.80 Å². The van der Waals surface area contributed by atoms with Crippen LogP contribution in [0.4, 0.5) is 10.5 Å². The molecule has 0 aliphatic carbocycles. The lowest BCUT2D eigenvalue weighted by Crippen LogP contribution is -2.50. The summed E-state index contributed by atoms with van der Waals surface area (Å²) in [4.78, 5) is 27.2. The molecule has 1 N–H and O–H groups in total. The van der Waals surface area contributed by atoms with Gasteiger partial charge in [-0.1, -0.05) is 29.3 Å². The van der Waals surface area contributed by atoms with Crippen molar-refractivity contribution in [3.63, 3.8) is 0 Å². The maximum absolute atomic E-state index is 12.2. The van der Waals surface area contributed by atoms with Crippen LogP contribution in [0.25, 0.3) is 0 Å². The molecule has 0 radical (unpaired) electrons. The van der Waals surface area contributed by atoms with E-state index in [2.05, 4.69) is 5.32 Å². The number of hydrogen-bond donors (Lipinski definition) is 1. The van der Waals surface area contributed by atoms with E-state index in [0.29, 0.717) is 61.5 Å². The fraction of sp³-hybridized carbons (Fsp3) is 0.500. The van der Waals surface area contributed by atoms with Crippen molar-refractivity contribution < 1.29 is 14.3 Å². The minimum absolute atomic E-state index is 0.0455. The second-order valence-corrected chi connectivity index (χ2v) is 6.13. The molecule has 0 unspecified atom stereocenters. The topological polar surface area (TPSA) is 61.9 Å². The number of carbonyl (C=O) groups is 2. The van der Waals surface area contributed by atoms with Crippen LogP contribution in [-0.2, 0) is 9.53 Å². The summed E-state index contributed by atoms with van der Waals surface area (Å²) in [6, 6.07) is 5.33. The van der Waals surface area contributed by atoms with Gasteiger partial charge >= 0.3 is 6.09 Å². The molecular weight excluding hydrogens is 353 g/mol. The first kappa shape index (κ1) is 18.7. The summed E-state index contributed by atoms with van der Waals surface area (Å²) in [7, 11) is 0. The van der Waals surface area contributed by atoms with Gasteiger partial charge in [0, 0.05) is 39.1 Å². The highest BCUT2D eigenvalue weighted by molar-refractivity contribution is 6.43. The van der Waals surface area contributed by atoms with Crippen molar-refractivity contribution in [2.24, 2.45) is 0 Å². The number of piperazine rings is 1. The average Bonchev–Trinajstić information content (AvgIpc) is 2.59. The highest BCUT2D eigenvalue weighted by atomic mass is 35.5. The van der Waals surface area contributed by atoms with Gasteiger partial charge in [-0.25, -0.2) is 4.79 Å². The Bertz CT molecular complexity index is 590. The molecule has 8 heteroatoms. The van der Waals surface area contributed by atoms with Gasteiger partial charge < -0.3 is 19.9 Å². The Morgan fingerprint density at radius 1 is 1.17 bits per heavy atom. The zero-order valence-corrected chi connectivity index (χ0v) is 15.1. The van der Waals surface area contributed by atoms with Gasteiger partial charge in [0.25, 0.3) is 0 Å². The van der Waals surface area contributed by atoms with E-state index in [0.717, 1.165) is 0 Å². The second kappa shape index (κ2) is 8.99. The number of ether oxygens (including phenoxy) is 1. The van der Waals surface area contributed by atoms with Gasteiger partial charge in [-0.05, 0) is 19.1 Å². The summed E-state index contributed by atoms with van der Waals surface area (Å²) in [5.41, 5.74) is 0.712. The lowest BCUT2D eigenvalue weighted by molar-refractivity contribution is -0.132. The fourth-order valence-electron chi connectivity index (χ4n) is 2.46. The van der Waals surface area contributed by atoms with Crippen LogP contribution in [0.15, 0.2) is 18.2 Å². The number of benzene rings is 1. The van der Waals surface area contributed by atoms with E-state index in [-0.39, 0.29) is 12.0 Å². The zero-order chi connectivity index (χ0) is 17.5. The van der Waals surface area contributed by atoms with Gasteiger partial charge in [0.15, 0.2) is 0 Å². The number of amides is 2. The Labute approximate surface area is 151 Å². The summed E-state index contributed by atoms with van der Waals surface area (Å²) in [6.07, 6.45) is 0.0317. The third-order valence-electron chi connectivity index (χ3n) is 3.76. The van der Waals surface area contributed by atoms with Gasteiger partial charge in [0.1, 0.15) is 0 Å². The van der Waals surface area contributed by atoms with Crippen LogP contribution in [0.3, 0.4) is 0 Å². The molecule has 0 spiro atoms. The van der Waals surface area contributed by atoms with Crippen molar-refractivity contribution >= 4 is 40.9 Å². The van der Waals surface area contributed by atoms with Gasteiger partial charge in [-0.2, -0.15) is 0 Å². The normalized spacial score (nSPS) is 14.5. The first-order chi connectivity index (χ1) is 11.5. The van der Waals surface area contributed by atoms with Crippen molar-refractivity contribution in [3.8, 4) is 0 Å². The lowest BCUT2D eigenvalue weighted by atomic mass is 10.2. The Morgan fingerprint density at radius 2 is 1.83 bits per heavy atom. The van der Waals surface area contributed by atoms with E-state index in [1.54, 1.807) is 28.9 Å². The van der Waals surface area contributed by atoms with E-state index in [4.69, 9.17) is 27.9 Å². The molecule has 2 amide bonds. The second-order valence-electron chi connectivity index (χ2n) is 5.34. The van der Waals surface area contributed by atoms with Crippen LogP contribution in [0.2, 0.25) is 10.0 Å². The van der Waals surface area contributed by atoms with Crippen LogP contribution >= 0.6 is 23.2 Å². The maximum atomic E-state index is 12.2. The molecule has 1 aromatic rings. The minimum atomic E-state index is -0.318. The molecule has 132 valence electrons. The molecule has 0 aromatic heterocycles. The molecular formula is C16H21Cl2N3O3. The van der Waals surface area contributed by atoms with Crippen LogP contribution in [0, 0.1) is 0 Å². The number of nitrogens with zero attached hydrogens (tertiary/aromatic N) is 2. The summed E-state index contributed by atoms with van der Waals surface area (Å²) in [6.45, 7) is 4.64. The van der Waals surface area contributed by atoms with Crippen molar-refractivity contribution in [2.75, 3.05) is 44.6 Å². The maximum Gasteiger partial charge on any atom is 0.409 e. The van der Waals surface area contributed by atoms with Crippen molar-refractivity contribution in [1.29, 1.82) is 0 Å². The molecule has 1 aromatic carbocycles. The van der Waals surface area contributed by atoms with Crippen LogP contribution in [0.5, 0.6) is 0 Å². The summed E-state index contributed by atoms with van der Waals surface area (Å²) >= 11 is 12.0. The number of halogens is 2. The van der Waals surface area contributed by atoms with E-state index < -0.39 is 0 Å². The SMILES string of the molecule is CCOC(=O)N1CCN(C(=O)CCNc2cccc(Cl)c2Cl)CC1. The summed E-state index contributed by atoms with van der Waals surface area (Å²) in [5, 5.41) is 4.05. The largest absolute Gasteiger partial charge is 0.450 e. The smallest absolute Gasteiger partial charge is 0.409 e. The third kappa shape index (κ3) is 4.92.